The van der Waals surface area contributed by atoms with Crippen LogP contribution in [-0.4, -0.2) is 43.8 Å². The Balaban J connectivity index is 1.75. The largest absolute Gasteiger partial charge is 0.354 e. The lowest BCUT2D eigenvalue weighted by Crippen LogP contribution is -2.47. The van der Waals surface area contributed by atoms with E-state index in [0.717, 1.165) is 41.7 Å². The van der Waals surface area contributed by atoms with E-state index >= 15 is 0 Å². The lowest BCUT2D eigenvalue weighted by Gasteiger charge is -2.34. The van der Waals surface area contributed by atoms with Gasteiger partial charge in [-0.2, -0.15) is 11.3 Å². The number of rotatable bonds is 4. The van der Waals surface area contributed by atoms with Crippen molar-refractivity contribution < 1.29 is 8.42 Å². The van der Waals surface area contributed by atoms with Gasteiger partial charge in [0.1, 0.15) is 5.82 Å². The summed E-state index contributed by atoms with van der Waals surface area (Å²) in [5, 5.41) is 5.05. The maximum atomic E-state index is 11.6. The summed E-state index contributed by atoms with van der Waals surface area (Å²) in [7, 11) is -3.22. The molecule has 1 atom stereocenters. The van der Waals surface area contributed by atoms with Crippen molar-refractivity contribution in [1.29, 1.82) is 0 Å². The van der Waals surface area contributed by atoms with Crippen LogP contribution in [0.4, 0.5) is 5.82 Å². The summed E-state index contributed by atoms with van der Waals surface area (Å²) in [6.45, 7) is 1.46. The molecule has 136 valence electrons. The van der Waals surface area contributed by atoms with Gasteiger partial charge in [-0.05, 0) is 36.4 Å². The van der Waals surface area contributed by atoms with Crippen LogP contribution in [0.1, 0.15) is 12.8 Å². The first-order valence-electron chi connectivity index (χ1n) is 8.51. The zero-order valence-corrected chi connectivity index (χ0v) is 16.1. The average molecular weight is 389 g/mol. The molecule has 0 aliphatic carbocycles. The minimum Gasteiger partial charge on any atom is -0.354 e. The summed E-state index contributed by atoms with van der Waals surface area (Å²) < 4.78 is 26.0. The number of piperidine rings is 1. The number of thiophene rings is 1. The SMILES string of the molecule is CS(=O)(=O)N[C@H]1CCCN(c2nc(-c3ccsc3)nc3ccccc23)C1. The zero-order valence-electron chi connectivity index (χ0n) is 14.4. The second kappa shape index (κ2) is 6.94. The molecule has 1 fully saturated rings. The van der Waals surface area contributed by atoms with Gasteiger partial charge in [-0.1, -0.05) is 12.1 Å². The number of aromatic nitrogens is 2. The number of nitrogens with one attached hydrogen (secondary N) is 1. The standard InChI is InChI=1S/C18H20N4O2S2/c1-26(23,24)21-14-5-4-9-22(11-14)18-15-6-2-3-7-16(15)19-17(20-18)13-8-10-25-12-13/h2-3,6-8,10,12,14,21H,4-5,9,11H2,1H3/t14-/m0/s1. The van der Waals surface area contributed by atoms with Crippen molar-refractivity contribution in [3.05, 3.63) is 41.1 Å². The van der Waals surface area contributed by atoms with Crippen molar-refractivity contribution in [1.82, 2.24) is 14.7 Å². The van der Waals surface area contributed by atoms with E-state index in [1.807, 2.05) is 41.1 Å². The molecule has 0 spiro atoms. The molecule has 1 N–H and O–H groups in total. The Morgan fingerprint density at radius 1 is 1.23 bits per heavy atom. The number of benzene rings is 1. The number of para-hydroxylation sites is 1. The lowest BCUT2D eigenvalue weighted by molar-refractivity contribution is 0.466. The number of nitrogens with zero attached hydrogens (tertiary/aromatic N) is 3. The summed E-state index contributed by atoms with van der Waals surface area (Å²) >= 11 is 1.62. The monoisotopic (exact) mass is 388 g/mol. The third-order valence-corrected chi connectivity index (χ3v) is 5.91. The maximum Gasteiger partial charge on any atom is 0.209 e. The molecule has 0 amide bonds. The Labute approximate surface area is 157 Å². The second-order valence-electron chi connectivity index (χ2n) is 6.58. The quantitative estimate of drug-likeness (QED) is 0.744. The first-order valence-corrected chi connectivity index (χ1v) is 11.3. The summed E-state index contributed by atoms with van der Waals surface area (Å²) in [5.41, 5.74) is 1.90. The highest BCUT2D eigenvalue weighted by molar-refractivity contribution is 7.88. The van der Waals surface area contributed by atoms with E-state index in [1.54, 1.807) is 11.3 Å². The molecule has 8 heteroatoms. The van der Waals surface area contributed by atoms with E-state index in [1.165, 1.54) is 6.26 Å². The predicted molar refractivity (Wildman–Crippen MR) is 106 cm³/mol. The van der Waals surface area contributed by atoms with Crippen LogP contribution in [0.3, 0.4) is 0 Å². The molecule has 0 bridgehead atoms. The van der Waals surface area contributed by atoms with Crippen molar-refractivity contribution in [3.8, 4) is 11.4 Å². The Hall–Kier alpha value is -2.03. The Morgan fingerprint density at radius 2 is 2.08 bits per heavy atom. The van der Waals surface area contributed by atoms with Gasteiger partial charge in [-0.15, -0.1) is 0 Å². The smallest absolute Gasteiger partial charge is 0.209 e. The Kier molecular flexibility index (Phi) is 4.64. The van der Waals surface area contributed by atoms with Gasteiger partial charge in [-0.25, -0.2) is 23.1 Å². The lowest BCUT2D eigenvalue weighted by atomic mass is 10.1. The Morgan fingerprint density at radius 3 is 2.85 bits per heavy atom. The fourth-order valence-corrected chi connectivity index (χ4v) is 4.82. The van der Waals surface area contributed by atoms with Crippen molar-refractivity contribution in [3.63, 3.8) is 0 Å². The third kappa shape index (κ3) is 3.72. The van der Waals surface area contributed by atoms with E-state index in [-0.39, 0.29) is 6.04 Å². The minimum absolute atomic E-state index is 0.0999. The Bertz CT molecular complexity index is 1020. The molecule has 2 aromatic heterocycles. The van der Waals surface area contributed by atoms with E-state index in [0.29, 0.717) is 12.4 Å². The minimum atomic E-state index is -3.22. The van der Waals surface area contributed by atoms with Gasteiger partial charge >= 0.3 is 0 Å². The van der Waals surface area contributed by atoms with Crippen molar-refractivity contribution in [2.75, 3.05) is 24.2 Å². The van der Waals surface area contributed by atoms with Crippen LogP contribution >= 0.6 is 11.3 Å². The van der Waals surface area contributed by atoms with Crippen LogP contribution in [-0.2, 0) is 10.0 Å². The van der Waals surface area contributed by atoms with Gasteiger partial charge in [0.05, 0.1) is 11.8 Å². The molecule has 0 unspecified atom stereocenters. The second-order valence-corrected chi connectivity index (χ2v) is 9.14. The molecule has 6 nitrogen and oxygen atoms in total. The molecular weight excluding hydrogens is 368 g/mol. The summed E-state index contributed by atoms with van der Waals surface area (Å²) in [4.78, 5) is 11.7. The van der Waals surface area contributed by atoms with Gasteiger partial charge in [0.2, 0.25) is 10.0 Å². The van der Waals surface area contributed by atoms with Crippen LogP contribution in [0.5, 0.6) is 0 Å². The van der Waals surface area contributed by atoms with Crippen molar-refractivity contribution in [2.45, 2.75) is 18.9 Å². The highest BCUT2D eigenvalue weighted by Crippen LogP contribution is 2.30. The molecular formula is C18H20N4O2S2. The fraction of sp³-hybridized carbons (Fsp3) is 0.333. The number of anilines is 1. The van der Waals surface area contributed by atoms with Crippen LogP contribution in [0.25, 0.3) is 22.3 Å². The highest BCUT2D eigenvalue weighted by Gasteiger charge is 2.25. The highest BCUT2D eigenvalue weighted by atomic mass is 32.2. The number of hydrogen-bond acceptors (Lipinski definition) is 6. The summed E-state index contributed by atoms with van der Waals surface area (Å²) in [5.74, 6) is 1.58. The normalized spacial score (nSPS) is 18.3. The fourth-order valence-electron chi connectivity index (χ4n) is 3.39. The first-order chi connectivity index (χ1) is 12.5. The van der Waals surface area contributed by atoms with E-state index in [2.05, 4.69) is 9.62 Å². The number of fused-ring (bicyclic) bond motifs is 1. The summed E-state index contributed by atoms with van der Waals surface area (Å²) in [6.07, 6.45) is 2.96. The molecule has 0 radical (unpaired) electrons. The van der Waals surface area contributed by atoms with Gasteiger partial charge in [0.15, 0.2) is 5.82 Å². The molecule has 26 heavy (non-hydrogen) atoms. The number of sulfonamides is 1. The number of hydrogen-bond donors (Lipinski definition) is 1. The average Bonchev–Trinajstić information content (AvgIpc) is 3.14. The molecule has 1 aliphatic rings. The van der Waals surface area contributed by atoms with Crippen LogP contribution < -0.4 is 9.62 Å². The van der Waals surface area contributed by atoms with E-state index in [9.17, 15) is 8.42 Å². The topological polar surface area (TPSA) is 75.2 Å². The molecule has 1 saturated heterocycles. The molecule has 1 aliphatic heterocycles. The third-order valence-electron chi connectivity index (χ3n) is 4.46. The van der Waals surface area contributed by atoms with Gasteiger partial charge in [0.25, 0.3) is 0 Å². The van der Waals surface area contributed by atoms with Gasteiger partial charge < -0.3 is 4.90 Å². The van der Waals surface area contributed by atoms with Crippen molar-refractivity contribution >= 4 is 38.1 Å². The first kappa shape index (κ1) is 17.4. The van der Waals surface area contributed by atoms with Crippen molar-refractivity contribution in [2.24, 2.45) is 0 Å². The van der Waals surface area contributed by atoms with Crippen LogP contribution in [0, 0.1) is 0 Å². The van der Waals surface area contributed by atoms with E-state index in [4.69, 9.17) is 9.97 Å². The van der Waals surface area contributed by atoms with E-state index < -0.39 is 10.0 Å². The van der Waals surface area contributed by atoms with Crippen LogP contribution in [0.2, 0.25) is 0 Å². The molecule has 3 heterocycles. The van der Waals surface area contributed by atoms with Gasteiger partial charge in [0, 0.05) is 35.5 Å². The van der Waals surface area contributed by atoms with Gasteiger partial charge in [-0.3, -0.25) is 0 Å². The molecule has 1 aromatic carbocycles. The maximum absolute atomic E-state index is 11.6. The molecule has 4 rings (SSSR count). The molecule has 0 saturated carbocycles. The van der Waals surface area contributed by atoms with Crippen LogP contribution in [0.15, 0.2) is 41.1 Å². The predicted octanol–water partition coefficient (Wildman–Crippen LogP) is 2.88. The summed E-state index contributed by atoms with van der Waals surface area (Å²) in [6, 6.07) is 9.89. The molecule has 3 aromatic rings. The zero-order chi connectivity index (χ0) is 18.1.